The molecule has 2 aromatic carbocycles. The number of carbonyl (C=O) groups is 2. The van der Waals surface area contributed by atoms with E-state index in [1.807, 2.05) is 90.1 Å². The highest BCUT2D eigenvalue weighted by atomic mass is 16.6. The molecular formula is C36H44N6O6. The highest BCUT2D eigenvalue weighted by Gasteiger charge is 2.40. The predicted octanol–water partition coefficient (Wildman–Crippen LogP) is 6.22. The van der Waals surface area contributed by atoms with Gasteiger partial charge in [0.1, 0.15) is 22.9 Å². The second kappa shape index (κ2) is 12.7. The molecule has 254 valence electrons. The van der Waals surface area contributed by atoms with Crippen LogP contribution in [0, 0.1) is 0 Å². The molecule has 12 heteroatoms. The molecule has 4 aromatic rings. The number of benzene rings is 2. The van der Waals surface area contributed by atoms with Gasteiger partial charge in [-0.3, -0.25) is 9.80 Å². The van der Waals surface area contributed by atoms with Gasteiger partial charge in [-0.1, -0.05) is 48.5 Å². The number of carbonyl (C=O) groups excluding carboxylic acids is 2. The van der Waals surface area contributed by atoms with E-state index in [2.05, 4.69) is 19.9 Å². The summed E-state index contributed by atoms with van der Waals surface area (Å²) in [5.41, 5.74) is 4.32. The lowest BCUT2D eigenvalue weighted by Gasteiger charge is -2.27. The second-order valence-corrected chi connectivity index (χ2v) is 14.6. The van der Waals surface area contributed by atoms with Crippen LogP contribution in [0.4, 0.5) is 9.59 Å². The van der Waals surface area contributed by atoms with E-state index in [9.17, 15) is 19.8 Å². The van der Waals surface area contributed by atoms with Crippen molar-refractivity contribution in [1.82, 2.24) is 29.7 Å². The molecule has 0 aliphatic carbocycles. The van der Waals surface area contributed by atoms with Crippen molar-refractivity contribution in [2.24, 2.45) is 0 Å². The molecule has 2 aliphatic rings. The van der Waals surface area contributed by atoms with E-state index in [1.165, 1.54) is 9.80 Å². The van der Waals surface area contributed by atoms with Crippen LogP contribution in [0.5, 0.6) is 0 Å². The van der Waals surface area contributed by atoms with E-state index in [4.69, 9.17) is 9.47 Å². The van der Waals surface area contributed by atoms with Crippen LogP contribution in [0.2, 0.25) is 0 Å². The van der Waals surface area contributed by atoms with E-state index >= 15 is 0 Å². The number of ether oxygens (including phenoxy) is 2. The first-order valence-corrected chi connectivity index (χ1v) is 16.3. The molecule has 12 nitrogen and oxygen atoms in total. The summed E-state index contributed by atoms with van der Waals surface area (Å²) in [6.45, 7) is 11.3. The lowest BCUT2D eigenvalue weighted by Crippen LogP contribution is -2.37. The van der Waals surface area contributed by atoms with Gasteiger partial charge in [-0.15, -0.1) is 0 Å². The lowest BCUT2D eigenvalue weighted by atomic mass is 10.0. The number of H-pyrrole nitrogens is 2. The first-order chi connectivity index (χ1) is 22.6. The SMILES string of the molecule is CC(C)(C)OC(=O)N1C[C@@H](O)C[C@H]1c1ncc(-c2ccc(-c3ccc(-c4cnc([C@@H]5C[C@H](O)CN5C(=O)OC(C)(C)C)[nH]4)cc3)cc2)[nH]1. The maximum atomic E-state index is 12.8. The van der Waals surface area contributed by atoms with Crippen molar-refractivity contribution < 1.29 is 29.3 Å². The molecule has 0 radical (unpaired) electrons. The molecule has 0 saturated carbocycles. The van der Waals surface area contributed by atoms with Crippen molar-refractivity contribution in [3.8, 4) is 33.6 Å². The van der Waals surface area contributed by atoms with Gasteiger partial charge in [0, 0.05) is 12.8 Å². The number of rotatable bonds is 5. The molecule has 2 saturated heterocycles. The number of β-amino-alcohol motifs (C(OH)–C–C–N with tert-alkyl or cyclic N) is 2. The molecule has 6 rings (SSSR count). The Bertz CT molecular complexity index is 1620. The van der Waals surface area contributed by atoms with Crippen molar-refractivity contribution in [2.45, 2.75) is 89.9 Å². The minimum atomic E-state index is -0.645. The number of aliphatic hydroxyl groups excluding tert-OH is 2. The lowest BCUT2D eigenvalue weighted by molar-refractivity contribution is 0.0192. The fourth-order valence-electron chi connectivity index (χ4n) is 6.18. The van der Waals surface area contributed by atoms with Gasteiger partial charge in [0.25, 0.3) is 0 Å². The number of nitrogens with one attached hydrogen (secondary N) is 2. The highest BCUT2D eigenvalue weighted by molar-refractivity contribution is 5.72. The molecule has 4 atom stereocenters. The van der Waals surface area contributed by atoms with Crippen LogP contribution in [0.25, 0.3) is 33.6 Å². The Morgan fingerprint density at radius 2 is 0.979 bits per heavy atom. The smallest absolute Gasteiger partial charge is 0.411 e. The number of hydrogen-bond donors (Lipinski definition) is 4. The standard InChI is InChI=1S/C36H44N6O6/c1-35(2,3)47-33(45)41-19-25(43)15-29(41)31-37-17-27(39-31)23-11-7-21(8-12-23)22-9-13-24(14-10-22)28-18-38-32(40-28)30-16-26(44)20-42(30)34(46)48-36(4,5)6/h7-14,17-18,25-26,29-30,43-44H,15-16,19-20H2,1-6H3,(H,37,39)(H,38,40)/t25-,26-,29-,30-/m0/s1. The van der Waals surface area contributed by atoms with Gasteiger partial charge in [-0.2, -0.15) is 0 Å². The zero-order chi connectivity index (χ0) is 34.4. The zero-order valence-corrected chi connectivity index (χ0v) is 28.2. The monoisotopic (exact) mass is 656 g/mol. The Balaban J connectivity index is 1.12. The number of aliphatic hydroxyl groups is 2. The molecule has 0 spiro atoms. The summed E-state index contributed by atoms with van der Waals surface area (Å²) in [7, 11) is 0. The van der Waals surface area contributed by atoms with Crippen LogP contribution in [0.15, 0.2) is 60.9 Å². The Labute approximate surface area is 280 Å². The molecule has 2 aromatic heterocycles. The van der Waals surface area contributed by atoms with E-state index in [0.717, 1.165) is 33.6 Å². The van der Waals surface area contributed by atoms with Crippen LogP contribution in [-0.4, -0.2) is 88.6 Å². The van der Waals surface area contributed by atoms with Crippen molar-refractivity contribution in [1.29, 1.82) is 0 Å². The summed E-state index contributed by atoms with van der Waals surface area (Å²) >= 11 is 0. The van der Waals surface area contributed by atoms with Gasteiger partial charge in [0.05, 0.1) is 61.2 Å². The second-order valence-electron chi connectivity index (χ2n) is 14.6. The topological polar surface area (TPSA) is 157 Å². The molecule has 2 amide bonds. The van der Waals surface area contributed by atoms with Crippen molar-refractivity contribution in [3.05, 3.63) is 72.6 Å². The summed E-state index contributed by atoms with van der Waals surface area (Å²) in [5.74, 6) is 1.21. The van der Waals surface area contributed by atoms with Gasteiger partial charge in [-0.25, -0.2) is 19.6 Å². The average Bonchev–Trinajstić information content (AvgIpc) is 3.81. The summed E-state index contributed by atoms with van der Waals surface area (Å²) in [6.07, 6.45) is 2.03. The van der Waals surface area contributed by atoms with Crippen molar-refractivity contribution >= 4 is 12.2 Å². The third-order valence-electron chi connectivity index (χ3n) is 8.36. The van der Waals surface area contributed by atoms with Crippen LogP contribution in [0.3, 0.4) is 0 Å². The van der Waals surface area contributed by atoms with Gasteiger partial charge in [-0.05, 0) is 63.8 Å². The Morgan fingerprint density at radius 3 is 1.31 bits per heavy atom. The zero-order valence-electron chi connectivity index (χ0n) is 28.2. The number of imidazole rings is 2. The Morgan fingerprint density at radius 1 is 0.646 bits per heavy atom. The van der Waals surface area contributed by atoms with Gasteiger partial charge < -0.3 is 29.7 Å². The summed E-state index contributed by atoms with van der Waals surface area (Å²) in [5, 5.41) is 20.6. The first kappa shape index (κ1) is 33.2. The average molecular weight is 657 g/mol. The number of aromatic amines is 2. The molecule has 4 N–H and O–H groups in total. The van der Waals surface area contributed by atoms with Crippen LogP contribution in [0.1, 0.15) is 78.1 Å². The van der Waals surface area contributed by atoms with Crippen LogP contribution >= 0.6 is 0 Å². The fourth-order valence-corrected chi connectivity index (χ4v) is 6.18. The number of nitrogens with zero attached hydrogens (tertiary/aromatic N) is 4. The normalized spacial score (nSPS) is 21.5. The Hall–Kier alpha value is -4.68. The van der Waals surface area contributed by atoms with Crippen LogP contribution in [-0.2, 0) is 9.47 Å². The van der Waals surface area contributed by atoms with Gasteiger partial charge in [0.2, 0.25) is 0 Å². The third-order valence-corrected chi connectivity index (χ3v) is 8.36. The first-order valence-electron chi connectivity index (χ1n) is 16.3. The highest BCUT2D eigenvalue weighted by Crippen LogP contribution is 2.35. The van der Waals surface area contributed by atoms with E-state index < -0.39 is 47.7 Å². The molecule has 0 bridgehead atoms. The number of amides is 2. The minimum Gasteiger partial charge on any atom is -0.444 e. The van der Waals surface area contributed by atoms with Gasteiger partial charge in [0.15, 0.2) is 0 Å². The number of aromatic nitrogens is 4. The maximum Gasteiger partial charge on any atom is 0.411 e. The molecule has 48 heavy (non-hydrogen) atoms. The minimum absolute atomic E-state index is 0.196. The number of likely N-dealkylation sites (tertiary alicyclic amines) is 2. The molecule has 4 heterocycles. The molecule has 0 unspecified atom stereocenters. The quantitative estimate of drug-likeness (QED) is 0.197. The van der Waals surface area contributed by atoms with E-state index in [-0.39, 0.29) is 13.1 Å². The predicted molar refractivity (Wildman–Crippen MR) is 180 cm³/mol. The van der Waals surface area contributed by atoms with Crippen LogP contribution < -0.4 is 0 Å². The Kier molecular flexibility index (Phi) is 8.82. The van der Waals surface area contributed by atoms with Gasteiger partial charge >= 0.3 is 12.2 Å². The largest absolute Gasteiger partial charge is 0.444 e. The molecule has 2 aliphatic heterocycles. The summed E-state index contributed by atoms with van der Waals surface area (Å²) in [6, 6.07) is 15.4. The van der Waals surface area contributed by atoms with E-state index in [0.29, 0.717) is 24.5 Å². The summed E-state index contributed by atoms with van der Waals surface area (Å²) < 4.78 is 11.1. The third kappa shape index (κ3) is 7.39. The molecular weight excluding hydrogens is 612 g/mol. The molecule has 2 fully saturated rings. The van der Waals surface area contributed by atoms with Crippen molar-refractivity contribution in [3.63, 3.8) is 0 Å². The number of hydrogen-bond acceptors (Lipinski definition) is 8. The van der Waals surface area contributed by atoms with E-state index in [1.54, 1.807) is 12.4 Å². The van der Waals surface area contributed by atoms with Crippen molar-refractivity contribution in [2.75, 3.05) is 13.1 Å². The fraction of sp³-hybridized carbons (Fsp3) is 0.444. The maximum absolute atomic E-state index is 12.8. The summed E-state index contributed by atoms with van der Waals surface area (Å²) in [4.78, 5) is 44.5.